The Kier molecular flexibility index (Phi) is 3.27. The lowest BCUT2D eigenvalue weighted by molar-refractivity contribution is 0.112. The van der Waals surface area contributed by atoms with Gasteiger partial charge in [0.15, 0.2) is 6.29 Å². The first kappa shape index (κ1) is 10.3. The summed E-state index contributed by atoms with van der Waals surface area (Å²) in [7, 11) is 0. The molecule has 0 aliphatic carbocycles. The van der Waals surface area contributed by atoms with Crippen molar-refractivity contribution in [1.82, 2.24) is 0 Å². The van der Waals surface area contributed by atoms with Gasteiger partial charge in [-0.2, -0.15) is 0 Å². The second kappa shape index (κ2) is 4.45. The molecule has 0 saturated carbocycles. The summed E-state index contributed by atoms with van der Waals surface area (Å²) in [6.45, 7) is 0. The number of carbonyl (C=O) groups is 1. The molecule has 0 spiro atoms. The van der Waals surface area contributed by atoms with Crippen LogP contribution in [-0.2, 0) is 0 Å². The first-order chi connectivity index (χ1) is 6.69. The average Bonchev–Trinajstić information content (AvgIpc) is 2.19. The minimum atomic E-state index is -0.792. The van der Waals surface area contributed by atoms with E-state index in [2.05, 4.69) is 5.92 Å². The lowest BCUT2D eigenvalue weighted by Gasteiger charge is -2.08. The smallest absolute Gasteiger partial charge is 0.153 e. The molecule has 0 bridgehead atoms. The highest BCUT2D eigenvalue weighted by atomic mass is 16.3. The monoisotopic (exact) mass is 190 g/mol. The molecule has 1 atom stereocenters. The molecule has 1 aromatic rings. The van der Waals surface area contributed by atoms with E-state index in [0.717, 1.165) is 0 Å². The number of phenolic OH excluding ortho intramolecular Hbond substituents is 1. The zero-order chi connectivity index (χ0) is 10.6. The molecule has 0 aliphatic heterocycles. The van der Waals surface area contributed by atoms with E-state index in [1.807, 2.05) is 0 Å². The number of aldehydes is 1. The maximum Gasteiger partial charge on any atom is 0.153 e. The topological polar surface area (TPSA) is 57.5 Å². The molecule has 0 aromatic heterocycles. The Hall–Kier alpha value is -1.79. The van der Waals surface area contributed by atoms with Crippen LogP contribution in [0.5, 0.6) is 5.75 Å². The SMILES string of the molecule is C#CCC(O)c1ccc(O)c(C=O)c1. The van der Waals surface area contributed by atoms with E-state index in [-0.39, 0.29) is 17.7 Å². The zero-order valence-corrected chi connectivity index (χ0v) is 7.47. The van der Waals surface area contributed by atoms with Crippen molar-refractivity contribution in [3.05, 3.63) is 29.3 Å². The third-order valence-electron chi connectivity index (χ3n) is 1.87. The first-order valence-electron chi connectivity index (χ1n) is 4.08. The number of benzene rings is 1. The van der Waals surface area contributed by atoms with Crippen LogP contribution >= 0.6 is 0 Å². The average molecular weight is 190 g/mol. The van der Waals surface area contributed by atoms with Gasteiger partial charge in [0.05, 0.1) is 11.7 Å². The molecule has 1 aromatic carbocycles. The fraction of sp³-hybridized carbons (Fsp3) is 0.182. The number of aromatic hydroxyl groups is 1. The largest absolute Gasteiger partial charge is 0.507 e. The van der Waals surface area contributed by atoms with Gasteiger partial charge in [-0.05, 0) is 17.7 Å². The quantitative estimate of drug-likeness (QED) is 0.557. The number of hydrogen-bond acceptors (Lipinski definition) is 3. The van der Waals surface area contributed by atoms with Crippen LogP contribution in [0.15, 0.2) is 18.2 Å². The van der Waals surface area contributed by atoms with Crippen molar-refractivity contribution in [2.75, 3.05) is 0 Å². The van der Waals surface area contributed by atoms with Crippen LogP contribution in [-0.4, -0.2) is 16.5 Å². The number of terminal acetylenes is 1. The van der Waals surface area contributed by atoms with E-state index >= 15 is 0 Å². The van der Waals surface area contributed by atoms with Gasteiger partial charge >= 0.3 is 0 Å². The normalized spacial score (nSPS) is 11.7. The van der Waals surface area contributed by atoms with Crippen molar-refractivity contribution in [1.29, 1.82) is 0 Å². The van der Waals surface area contributed by atoms with Crippen molar-refractivity contribution < 1.29 is 15.0 Å². The van der Waals surface area contributed by atoms with Crippen LogP contribution in [0.1, 0.15) is 28.4 Å². The number of carbonyl (C=O) groups excluding carboxylic acids is 1. The molecule has 72 valence electrons. The summed E-state index contributed by atoms with van der Waals surface area (Å²) >= 11 is 0. The molecule has 2 N–H and O–H groups in total. The van der Waals surface area contributed by atoms with Gasteiger partial charge in [-0.15, -0.1) is 12.3 Å². The van der Waals surface area contributed by atoms with E-state index in [1.165, 1.54) is 18.2 Å². The number of rotatable bonds is 3. The molecule has 0 heterocycles. The van der Waals surface area contributed by atoms with Crippen LogP contribution in [0, 0.1) is 12.3 Å². The molecule has 1 unspecified atom stereocenters. The second-order valence-electron chi connectivity index (χ2n) is 2.86. The molecular weight excluding hydrogens is 180 g/mol. The van der Waals surface area contributed by atoms with E-state index in [1.54, 1.807) is 0 Å². The van der Waals surface area contributed by atoms with E-state index in [0.29, 0.717) is 11.8 Å². The van der Waals surface area contributed by atoms with Crippen LogP contribution in [0.2, 0.25) is 0 Å². The van der Waals surface area contributed by atoms with Crippen molar-refractivity contribution in [3.8, 4) is 18.1 Å². The molecule has 0 amide bonds. The van der Waals surface area contributed by atoms with Crippen LogP contribution in [0.4, 0.5) is 0 Å². The molecule has 14 heavy (non-hydrogen) atoms. The van der Waals surface area contributed by atoms with Gasteiger partial charge in [-0.3, -0.25) is 4.79 Å². The molecule has 3 nitrogen and oxygen atoms in total. The fourth-order valence-corrected chi connectivity index (χ4v) is 1.10. The Morgan fingerprint density at radius 3 is 2.86 bits per heavy atom. The van der Waals surface area contributed by atoms with E-state index in [9.17, 15) is 15.0 Å². The van der Waals surface area contributed by atoms with Gasteiger partial charge in [0.2, 0.25) is 0 Å². The van der Waals surface area contributed by atoms with Crippen LogP contribution in [0.3, 0.4) is 0 Å². The maximum atomic E-state index is 10.5. The van der Waals surface area contributed by atoms with Crippen molar-refractivity contribution >= 4 is 6.29 Å². The Labute approximate surface area is 82.0 Å². The summed E-state index contributed by atoms with van der Waals surface area (Å²) in [6.07, 6.45) is 4.96. The summed E-state index contributed by atoms with van der Waals surface area (Å²) in [5, 5.41) is 18.7. The number of aliphatic hydroxyl groups excluding tert-OH is 1. The summed E-state index contributed by atoms with van der Waals surface area (Å²) < 4.78 is 0. The highest BCUT2D eigenvalue weighted by Crippen LogP contribution is 2.22. The molecule has 0 saturated heterocycles. The predicted octanol–water partition coefficient (Wildman–Crippen LogP) is 1.26. The third-order valence-corrected chi connectivity index (χ3v) is 1.87. The minimum Gasteiger partial charge on any atom is -0.507 e. The highest BCUT2D eigenvalue weighted by Gasteiger charge is 2.08. The predicted molar refractivity (Wildman–Crippen MR) is 51.9 cm³/mol. The van der Waals surface area contributed by atoms with Crippen molar-refractivity contribution in [2.24, 2.45) is 0 Å². The maximum absolute atomic E-state index is 10.5. The number of phenols is 1. The molecule has 1 rings (SSSR count). The van der Waals surface area contributed by atoms with Crippen LogP contribution in [0.25, 0.3) is 0 Å². The minimum absolute atomic E-state index is 0.100. The van der Waals surface area contributed by atoms with Gasteiger partial charge in [-0.25, -0.2) is 0 Å². The Bertz CT molecular complexity index is 377. The van der Waals surface area contributed by atoms with Gasteiger partial charge in [0.1, 0.15) is 5.75 Å². The second-order valence-corrected chi connectivity index (χ2v) is 2.86. The fourth-order valence-electron chi connectivity index (χ4n) is 1.10. The molecule has 0 aliphatic rings. The summed E-state index contributed by atoms with van der Waals surface area (Å²) in [6, 6.07) is 4.31. The van der Waals surface area contributed by atoms with E-state index in [4.69, 9.17) is 6.42 Å². The lowest BCUT2D eigenvalue weighted by atomic mass is 10.0. The Morgan fingerprint density at radius 2 is 2.29 bits per heavy atom. The number of aliphatic hydroxyl groups is 1. The van der Waals surface area contributed by atoms with Gasteiger partial charge in [0.25, 0.3) is 0 Å². The molecular formula is C11H10O3. The van der Waals surface area contributed by atoms with E-state index < -0.39 is 6.10 Å². The molecule has 0 radical (unpaired) electrons. The highest BCUT2D eigenvalue weighted by molar-refractivity contribution is 5.79. The molecule has 3 heteroatoms. The lowest BCUT2D eigenvalue weighted by Crippen LogP contribution is -1.97. The third kappa shape index (κ3) is 2.12. The van der Waals surface area contributed by atoms with Crippen molar-refractivity contribution in [3.63, 3.8) is 0 Å². The molecule has 0 fully saturated rings. The zero-order valence-electron chi connectivity index (χ0n) is 7.47. The van der Waals surface area contributed by atoms with Gasteiger partial charge < -0.3 is 10.2 Å². The Morgan fingerprint density at radius 1 is 1.57 bits per heavy atom. The summed E-state index contributed by atoms with van der Waals surface area (Å²) in [4.78, 5) is 10.5. The first-order valence-corrected chi connectivity index (χ1v) is 4.08. The number of hydrogen-bond donors (Lipinski definition) is 2. The Balaban J connectivity index is 3.01. The van der Waals surface area contributed by atoms with Crippen LogP contribution < -0.4 is 0 Å². The standard InChI is InChI=1S/C11H10O3/c1-2-3-10(13)8-4-5-11(14)9(6-8)7-12/h1,4-7,10,13-14H,3H2. The van der Waals surface area contributed by atoms with Gasteiger partial charge in [-0.1, -0.05) is 6.07 Å². The summed E-state index contributed by atoms with van der Waals surface area (Å²) in [5.41, 5.74) is 0.682. The van der Waals surface area contributed by atoms with Gasteiger partial charge in [0, 0.05) is 6.42 Å². The van der Waals surface area contributed by atoms with Crippen molar-refractivity contribution in [2.45, 2.75) is 12.5 Å². The summed E-state index contributed by atoms with van der Waals surface area (Å²) in [5.74, 6) is 2.22.